The zero-order valence-electron chi connectivity index (χ0n) is 17.8. The van der Waals surface area contributed by atoms with Gasteiger partial charge in [0, 0.05) is 16.1 Å². The minimum absolute atomic E-state index is 0.164. The van der Waals surface area contributed by atoms with Gasteiger partial charge in [0.2, 0.25) is 0 Å². The van der Waals surface area contributed by atoms with Crippen LogP contribution >= 0.6 is 11.6 Å². The lowest BCUT2D eigenvalue weighted by atomic mass is 9.97. The van der Waals surface area contributed by atoms with E-state index in [1.54, 1.807) is 12.1 Å². The summed E-state index contributed by atoms with van der Waals surface area (Å²) in [7, 11) is 0. The summed E-state index contributed by atoms with van der Waals surface area (Å²) in [5, 5.41) is 3.84. The third-order valence-electron chi connectivity index (χ3n) is 5.27. The van der Waals surface area contributed by atoms with E-state index in [0.29, 0.717) is 22.9 Å². The maximum atomic E-state index is 13.2. The van der Waals surface area contributed by atoms with Gasteiger partial charge in [-0.05, 0) is 42.3 Å². The second kappa shape index (κ2) is 10.2. The number of benzene rings is 4. The van der Waals surface area contributed by atoms with Crippen LogP contribution in [0.25, 0.3) is 0 Å². The van der Waals surface area contributed by atoms with Crippen LogP contribution in [0.2, 0.25) is 5.02 Å². The molecule has 1 amide bonds. The Bertz CT molecular complexity index is 1190. The first-order valence-electron chi connectivity index (χ1n) is 10.5. The number of halogens is 1. The molecule has 0 fully saturated rings. The van der Waals surface area contributed by atoms with Gasteiger partial charge >= 0.3 is 0 Å². The molecule has 4 heteroatoms. The summed E-state index contributed by atoms with van der Waals surface area (Å²) in [5.74, 6) is 0.451. The molecule has 0 bridgehead atoms. The quantitative estimate of drug-likeness (QED) is 0.344. The van der Waals surface area contributed by atoms with E-state index in [9.17, 15) is 4.79 Å². The van der Waals surface area contributed by atoms with Crippen molar-refractivity contribution in [1.29, 1.82) is 0 Å². The molecule has 0 saturated carbocycles. The van der Waals surface area contributed by atoms with E-state index >= 15 is 0 Å². The molecule has 4 aromatic carbocycles. The van der Waals surface area contributed by atoms with Crippen LogP contribution in [-0.4, -0.2) is 5.91 Å². The fourth-order valence-electron chi connectivity index (χ4n) is 3.48. The lowest BCUT2D eigenvalue weighted by Gasteiger charge is -2.20. The van der Waals surface area contributed by atoms with Gasteiger partial charge in [-0.2, -0.15) is 0 Å². The number of hydrogen-bond donors (Lipinski definition) is 1. The second-order valence-corrected chi connectivity index (χ2v) is 8.04. The van der Waals surface area contributed by atoms with E-state index in [1.165, 1.54) is 5.56 Å². The molecule has 1 N–H and O–H groups in total. The number of aryl methyl sites for hydroxylation is 1. The second-order valence-electron chi connectivity index (χ2n) is 7.64. The van der Waals surface area contributed by atoms with Crippen molar-refractivity contribution in [2.45, 2.75) is 19.6 Å². The van der Waals surface area contributed by atoms with Gasteiger partial charge in [-0.1, -0.05) is 96.0 Å². The summed E-state index contributed by atoms with van der Waals surface area (Å²) in [6.07, 6.45) is 0. The van der Waals surface area contributed by atoms with Crippen LogP contribution in [-0.2, 0) is 6.61 Å². The van der Waals surface area contributed by atoms with E-state index in [4.69, 9.17) is 16.3 Å². The molecule has 4 aromatic rings. The Morgan fingerprint density at radius 1 is 0.844 bits per heavy atom. The predicted octanol–water partition coefficient (Wildman–Crippen LogP) is 6.75. The standard InChI is InChI=1S/C28H24ClNO2/c1-20-14-16-22(17-15-20)27(21-8-3-2-4-9-21)30-28(31)23-11-7-12-25(18-23)32-19-24-10-5-6-13-26(24)29/h2-18,27H,19H2,1H3,(H,30,31). The lowest BCUT2D eigenvalue weighted by molar-refractivity contribution is 0.0942. The zero-order chi connectivity index (χ0) is 22.3. The van der Waals surface area contributed by atoms with Crippen LogP contribution < -0.4 is 10.1 Å². The summed E-state index contributed by atoms with van der Waals surface area (Å²) >= 11 is 6.21. The molecule has 160 valence electrons. The lowest BCUT2D eigenvalue weighted by Crippen LogP contribution is -2.29. The molecule has 0 radical (unpaired) electrons. The summed E-state index contributed by atoms with van der Waals surface area (Å²) in [6, 6.07) is 32.7. The normalized spacial score (nSPS) is 11.6. The summed E-state index contributed by atoms with van der Waals surface area (Å²) in [5.41, 5.74) is 4.66. The highest BCUT2D eigenvalue weighted by Crippen LogP contribution is 2.24. The summed E-state index contributed by atoms with van der Waals surface area (Å²) < 4.78 is 5.89. The van der Waals surface area contributed by atoms with Crippen molar-refractivity contribution in [3.63, 3.8) is 0 Å². The first-order chi connectivity index (χ1) is 15.6. The molecule has 0 heterocycles. The largest absolute Gasteiger partial charge is 0.489 e. The van der Waals surface area contributed by atoms with E-state index in [-0.39, 0.29) is 11.9 Å². The van der Waals surface area contributed by atoms with Crippen LogP contribution in [0.15, 0.2) is 103 Å². The molecule has 4 rings (SSSR count). The van der Waals surface area contributed by atoms with E-state index in [0.717, 1.165) is 16.7 Å². The van der Waals surface area contributed by atoms with Crippen LogP contribution in [0, 0.1) is 6.92 Å². The van der Waals surface area contributed by atoms with Gasteiger partial charge < -0.3 is 10.1 Å². The van der Waals surface area contributed by atoms with Gasteiger partial charge in [0.15, 0.2) is 0 Å². The fourth-order valence-corrected chi connectivity index (χ4v) is 3.67. The molecule has 0 aliphatic heterocycles. The molecule has 1 atom stereocenters. The first kappa shape index (κ1) is 21.7. The van der Waals surface area contributed by atoms with E-state index in [1.807, 2.05) is 73.7 Å². The maximum absolute atomic E-state index is 13.2. The van der Waals surface area contributed by atoms with Gasteiger partial charge in [-0.3, -0.25) is 4.79 Å². The monoisotopic (exact) mass is 441 g/mol. The SMILES string of the molecule is Cc1ccc(C(NC(=O)c2cccc(OCc3ccccc3Cl)c2)c2ccccc2)cc1. The van der Waals surface area contributed by atoms with Crippen LogP contribution in [0.3, 0.4) is 0 Å². The van der Waals surface area contributed by atoms with Gasteiger partial charge in [-0.25, -0.2) is 0 Å². The summed E-state index contributed by atoms with van der Waals surface area (Å²) in [6.45, 7) is 2.38. The molecule has 0 saturated heterocycles. The minimum atomic E-state index is -0.253. The molecule has 0 spiro atoms. The molecular formula is C28H24ClNO2. The number of carbonyl (C=O) groups is 1. The number of hydrogen-bond acceptors (Lipinski definition) is 2. The predicted molar refractivity (Wildman–Crippen MR) is 129 cm³/mol. The highest BCUT2D eigenvalue weighted by molar-refractivity contribution is 6.31. The van der Waals surface area contributed by atoms with Crippen LogP contribution in [0.1, 0.15) is 38.7 Å². The van der Waals surface area contributed by atoms with Crippen LogP contribution in [0.4, 0.5) is 0 Å². The highest BCUT2D eigenvalue weighted by atomic mass is 35.5. The summed E-state index contributed by atoms with van der Waals surface area (Å²) in [4.78, 5) is 13.2. The molecule has 0 aliphatic rings. The molecule has 0 aliphatic carbocycles. The number of ether oxygens (including phenoxy) is 1. The van der Waals surface area contributed by atoms with Crippen molar-refractivity contribution < 1.29 is 9.53 Å². The molecule has 0 aromatic heterocycles. The Balaban J connectivity index is 1.53. The minimum Gasteiger partial charge on any atom is -0.489 e. The number of rotatable bonds is 7. The van der Waals surface area contributed by atoms with Gasteiger partial charge in [-0.15, -0.1) is 0 Å². The highest BCUT2D eigenvalue weighted by Gasteiger charge is 2.18. The molecule has 1 unspecified atom stereocenters. The van der Waals surface area contributed by atoms with Crippen molar-refractivity contribution in [1.82, 2.24) is 5.32 Å². The number of amides is 1. The van der Waals surface area contributed by atoms with Crippen molar-refractivity contribution in [2.24, 2.45) is 0 Å². The van der Waals surface area contributed by atoms with Gasteiger partial charge in [0.25, 0.3) is 5.91 Å². The Morgan fingerprint density at radius 2 is 1.53 bits per heavy atom. The Hall–Kier alpha value is -3.56. The van der Waals surface area contributed by atoms with Gasteiger partial charge in [0.1, 0.15) is 12.4 Å². The first-order valence-corrected chi connectivity index (χ1v) is 10.9. The Kier molecular flexibility index (Phi) is 6.88. The third-order valence-corrected chi connectivity index (χ3v) is 5.64. The molecule has 32 heavy (non-hydrogen) atoms. The molecule has 3 nitrogen and oxygen atoms in total. The molecular weight excluding hydrogens is 418 g/mol. The van der Waals surface area contributed by atoms with Gasteiger partial charge in [0.05, 0.1) is 6.04 Å². The maximum Gasteiger partial charge on any atom is 0.252 e. The topological polar surface area (TPSA) is 38.3 Å². The Labute approximate surface area is 193 Å². The smallest absolute Gasteiger partial charge is 0.252 e. The number of carbonyl (C=O) groups excluding carboxylic acids is 1. The van der Waals surface area contributed by atoms with E-state index in [2.05, 4.69) is 29.6 Å². The van der Waals surface area contributed by atoms with E-state index < -0.39 is 0 Å². The van der Waals surface area contributed by atoms with Crippen molar-refractivity contribution in [3.05, 3.63) is 136 Å². The Morgan fingerprint density at radius 3 is 2.28 bits per heavy atom. The average Bonchev–Trinajstić information content (AvgIpc) is 2.83. The fraction of sp³-hybridized carbons (Fsp3) is 0.107. The van der Waals surface area contributed by atoms with Crippen molar-refractivity contribution >= 4 is 17.5 Å². The zero-order valence-corrected chi connectivity index (χ0v) is 18.5. The van der Waals surface area contributed by atoms with Crippen LogP contribution in [0.5, 0.6) is 5.75 Å². The third kappa shape index (κ3) is 5.37. The van der Waals surface area contributed by atoms with Crippen molar-refractivity contribution in [2.75, 3.05) is 0 Å². The number of nitrogens with one attached hydrogen (secondary N) is 1. The average molecular weight is 442 g/mol. The van der Waals surface area contributed by atoms with Crippen molar-refractivity contribution in [3.8, 4) is 5.75 Å².